The molecule has 0 aliphatic carbocycles. The van der Waals surface area contributed by atoms with Crippen molar-refractivity contribution in [1.82, 2.24) is 5.32 Å². The Balaban J connectivity index is 2.25. The molecule has 1 amide bonds. The summed E-state index contributed by atoms with van der Waals surface area (Å²) in [5.41, 5.74) is 7.39. The maximum Gasteiger partial charge on any atom is 0.251 e. The molecule has 0 radical (unpaired) electrons. The van der Waals surface area contributed by atoms with E-state index in [9.17, 15) is 4.79 Å². The summed E-state index contributed by atoms with van der Waals surface area (Å²) in [4.78, 5) is 12.2. The van der Waals surface area contributed by atoms with Gasteiger partial charge in [0.2, 0.25) is 0 Å². The normalized spacial score (nSPS) is 10.9. The van der Waals surface area contributed by atoms with Gasteiger partial charge in [-0.3, -0.25) is 4.79 Å². The second-order valence-electron chi connectivity index (χ2n) is 6.05. The van der Waals surface area contributed by atoms with Crippen LogP contribution in [0.3, 0.4) is 0 Å². The van der Waals surface area contributed by atoms with Crippen LogP contribution < -0.4 is 11.1 Å². The zero-order chi connectivity index (χ0) is 15.5. The molecule has 1 aromatic carbocycles. The topological polar surface area (TPSA) is 55.1 Å². The van der Waals surface area contributed by atoms with E-state index < -0.39 is 0 Å². The Hall–Kier alpha value is -1.35. The van der Waals surface area contributed by atoms with Gasteiger partial charge >= 0.3 is 0 Å². The molecule has 0 bridgehead atoms. The number of amides is 1. The number of nitrogens with one attached hydrogen (secondary N) is 1. The van der Waals surface area contributed by atoms with E-state index in [0.717, 1.165) is 36.4 Å². The molecule has 0 saturated heterocycles. The lowest BCUT2D eigenvalue weighted by atomic mass is 10.0. The number of hydrogen-bond donors (Lipinski definition) is 2. The Morgan fingerprint density at radius 3 is 2.57 bits per heavy atom. The highest BCUT2D eigenvalue weighted by molar-refractivity contribution is 5.95. The van der Waals surface area contributed by atoms with Crippen LogP contribution in [0.15, 0.2) is 24.3 Å². The lowest BCUT2D eigenvalue weighted by molar-refractivity contribution is 0.0952. The third-order valence-electron chi connectivity index (χ3n) is 3.67. The largest absolute Gasteiger partial charge is 0.352 e. The molecule has 0 heterocycles. The number of nitrogens with two attached hydrogens (primary N) is 1. The van der Waals surface area contributed by atoms with Crippen molar-refractivity contribution in [2.24, 2.45) is 11.7 Å². The fourth-order valence-corrected chi connectivity index (χ4v) is 2.44. The Bertz CT molecular complexity index is 415. The minimum absolute atomic E-state index is 0.0289. The van der Waals surface area contributed by atoms with Gasteiger partial charge in [0.15, 0.2) is 0 Å². The number of benzene rings is 1. The fraction of sp³-hybridized carbons (Fsp3) is 0.611. The first kappa shape index (κ1) is 17.7. The van der Waals surface area contributed by atoms with Crippen LogP contribution in [0.5, 0.6) is 0 Å². The van der Waals surface area contributed by atoms with Crippen LogP contribution in [0.1, 0.15) is 61.9 Å². The lowest BCUT2D eigenvalue weighted by Crippen LogP contribution is -2.26. The Kier molecular flexibility index (Phi) is 8.76. The third kappa shape index (κ3) is 7.28. The molecule has 1 rings (SSSR count). The van der Waals surface area contributed by atoms with Crippen LogP contribution in [0.2, 0.25) is 0 Å². The highest BCUT2D eigenvalue weighted by Gasteiger charge is 2.09. The van der Waals surface area contributed by atoms with Crippen LogP contribution >= 0.6 is 0 Å². The molecule has 3 N–H and O–H groups in total. The van der Waals surface area contributed by atoms with Gasteiger partial charge in [0.05, 0.1) is 0 Å². The van der Waals surface area contributed by atoms with Crippen molar-refractivity contribution in [2.75, 3.05) is 13.1 Å². The molecule has 3 heteroatoms. The second-order valence-corrected chi connectivity index (χ2v) is 6.05. The Morgan fingerprint density at radius 1 is 1.14 bits per heavy atom. The van der Waals surface area contributed by atoms with Crippen LogP contribution in [-0.2, 0) is 6.42 Å². The van der Waals surface area contributed by atoms with Gasteiger partial charge in [-0.05, 0) is 36.9 Å². The quantitative estimate of drug-likeness (QED) is 0.648. The molecular weight excluding hydrogens is 260 g/mol. The third-order valence-corrected chi connectivity index (χ3v) is 3.67. The van der Waals surface area contributed by atoms with E-state index >= 15 is 0 Å². The summed E-state index contributed by atoms with van der Waals surface area (Å²) < 4.78 is 0. The molecule has 0 aromatic heterocycles. The van der Waals surface area contributed by atoms with Crippen molar-refractivity contribution < 1.29 is 4.79 Å². The van der Waals surface area contributed by atoms with Crippen molar-refractivity contribution in [3.8, 4) is 0 Å². The highest BCUT2D eigenvalue weighted by atomic mass is 16.1. The minimum atomic E-state index is 0.0289. The second kappa shape index (κ2) is 10.4. The maximum atomic E-state index is 12.2. The standard InChI is InChI=1S/C18H30N2O/c1-15(2)9-5-3-4-8-14-20-18(21)17-11-7-6-10-16(17)12-13-19/h6-7,10-11,15H,3-5,8-9,12-14,19H2,1-2H3,(H,20,21). The molecule has 0 unspecified atom stereocenters. The van der Waals surface area contributed by atoms with E-state index in [1.54, 1.807) is 0 Å². The molecule has 0 aliphatic rings. The lowest BCUT2D eigenvalue weighted by Gasteiger charge is -2.09. The van der Waals surface area contributed by atoms with E-state index in [0.29, 0.717) is 6.54 Å². The maximum absolute atomic E-state index is 12.2. The Labute approximate surface area is 129 Å². The van der Waals surface area contributed by atoms with E-state index in [1.807, 2.05) is 24.3 Å². The zero-order valence-corrected chi connectivity index (χ0v) is 13.5. The molecule has 21 heavy (non-hydrogen) atoms. The predicted molar refractivity (Wildman–Crippen MR) is 89.5 cm³/mol. The van der Waals surface area contributed by atoms with Gasteiger partial charge in [-0.15, -0.1) is 0 Å². The van der Waals surface area contributed by atoms with E-state index in [-0.39, 0.29) is 5.91 Å². The van der Waals surface area contributed by atoms with Crippen molar-refractivity contribution >= 4 is 5.91 Å². The predicted octanol–water partition coefficient (Wildman–Crippen LogP) is 3.52. The first-order valence-corrected chi connectivity index (χ1v) is 8.21. The van der Waals surface area contributed by atoms with Crippen LogP contribution in [-0.4, -0.2) is 19.0 Å². The van der Waals surface area contributed by atoms with E-state index in [4.69, 9.17) is 5.73 Å². The van der Waals surface area contributed by atoms with Crippen molar-refractivity contribution in [2.45, 2.75) is 52.4 Å². The molecule has 0 fully saturated rings. The summed E-state index contributed by atoms with van der Waals surface area (Å²) in [6.07, 6.45) is 6.86. The summed E-state index contributed by atoms with van der Waals surface area (Å²) in [6.45, 7) is 5.86. The van der Waals surface area contributed by atoms with Crippen LogP contribution in [0.4, 0.5) is 0 Å². The van der Waals surface area contributed by atoms with Gasteiger partial charge in [-0.2, -0.15) is 0 Å². The van der Waals surface area contributed by atoms with Crippen LogP contribution in [0, 0.1) is 5.92 Å². The smallest absolute Gasteiger partial charge is 0.251 e. The number of hydrogen-bond acceptors (Lipinski definition) is 2. The van der Waals surface area contributed by atoms with E-state index in [2.05, 4.69) is 19.2 Å². The first-order valence-electron chi connectivity index (χ1n) is 8.21. The Morgan fingerprint density at radius 2 is 1.86 bits per heavy atom. The molecule has 0 saturated carbocycles. The summed E-state index contributed by atoms with van der Waals surface area (Å²) in [7, 11) is 0. The van der Waals surface area contributed by atoms with Gasteiger partial charge in [0, 0.05) is 12.1 Å². The van der Waals surface area contributed by atoms with Gasteiger partial charge in [0.1, 0.15) is 0 Å². The first-order chi connectivity index (χ1) is 10.1. The highest BCUT2D eigenvalue weighted by Crippen LogP contribution is 2.10. The average Bonchev–Trinajstić information content (AvgIpc) is 2.46. The number of unbranched alkanes of at least 4 members (excludes halogenated alkanes) is 3. The number of carbonyl (C=O) groups is 1. The number of carbonyl (C=O) groups excluding carboxylic acids is 1. The summed E-state index contributed by atoms with van der Waals surface area (Å²) in [5, 5.41) is 3.02. The van der Waals surface area contributed by atoms with Crippen molar-refractivity contribution in [3.05, 3.63) is 35.4 Å². The fourth-order valence-electron chi connectivity index (χ4n) is 2.44. The van der Waals surface area contributed by atoms with Gasteiger partial charge < -0.3 is 11.1 Å². The molecule has 3 nitrogen and oxygen atoms in total. The monoisotopic (exact) mass is 290 g/mol. The molecule has 0 spiro atoms. The zero-order valence-electron chi connectivity index (χ0n) is 13.5. The average molecular weight is 290 g/mol. The summed E-state index contributed by atoms with van der Waals surface area (Å²) in [6, 6.07) is 7.72. The summed E-state index contributed by atoms with van der Waals surface area (Å²) >= 11 is 0. The van der Waals surface area contributed by atoms with Gasteiger partial charge in [-0.1, -0.05) is 57.7 Å². The number of rotatable bonds is 10. The van der Waals surface area contributed by atoms with Crippen molar-refractivity contribution in [3.63, 3.8) is 0 Å². The van der Waals surface area contributed by atoms with Crippen molar-refractivity contribution in [1.29, 1.82) is 0 Å². The summed E-state index contributed by atoms with van der Waals surface area (Å²) in [5.74, 6) is 0.824. The van der Waals surface area contributed by atoms with Gasteiger partial charge in [0.25, 0.3) is 5.91 Å². The molecule has 0 aliphatic heterocycles. The minimum Gasteiger partial charge on any atom is -0.352 e. The molecular formula is C18H30N2O. The van der Waals surface area contributed by atoms with E-state index in [1.165, 1.54) is 25.7 Å². The van der Waals surface area contributed by atoms with Crippen LogP contribution in [0.25, 0.3) is 0 Å². The molecule has 1 aromatic rings. The molecule has 0 atom stereocenters. The van der Waals surface area contributed by atoms with Gasteiger partial charge in [-0.25, -0.2) is 0 Å². The molecule has 118 valence electrons. The SMILES string of the molecule is CC(C)CCCCCCNC(=O)c1ccccc1CCN.